The summed E-state index contributed by atoms with van der Waals surface area (Å²) in [7, 11) is 0. The maximum atomic E-state index is 12.1. The highest BCUT2D eigenvalue weighted by molar-refractivity contribution is 6.15. The minimum Gasteiger partial charge on any atom is -0.462 e. The number of rotatable bonds is 8. The summed E-state index contributed by atoms with van der Waals surface area (Å²) in [4.78, 5) is 36.1. The van der Waals surface area contributed by atoms with Gasteiger partial charge < -0.3 is 19.5 Å². The van der Waals surface area contributed by atoms with Gasteiger partial charge in [0.05, 0.1) is 12.2 Å². The highest BCUT2D eigenvalue weighted by atomic mass is 16.7. The number of unbranched alkanes of at least 4 members (excludes halogenated alkanes) is 1. The highest BCUT2D eigenvalue weighted by Gasteiger charge is 2.43. The van der Waals surface area contributed by atoms with Gasteiger partial charge in [-0.1, -0.05) is 27.2 Å². The van der Waals surface area contributed by atoms with Crippen LogP contribution in [0.5, 0.6) is 0 Å². The molecular weight excluding hydrogens is 350 g/mol. The molecule has 1 aliphatic heterocycles. The molecule has 0 aromatic heterocycles. The smallest absolute Gasteiger partial charge is 0.350 e. The molecule has 27 heavy (non-hydrogen) atoms. The molecule has 1 aromatic carbocycles. The third kappa shape index (κ3) is 5.09. The zero-order valence-corrected chi connectivity index (χ0v) is 15.9. The molecule has 0 unspecified atom stereocenters. The first-order valence-corrected chi connectivity index (χ1v) is 9.15. The molecule has 146 valence electrons. The van der Waals surface area contributed by atoms with E-state index in [4.69, 9.17) is 14.2 Å². The summed E-state index contributed by atoms with van der Waals surface area (Å²) in [5.41, 5.74) is 0.808. The zero-order valence-electron chi connectivity index (χ0n) is 15.9. The average Bonchev–Trinajstić information content (AvgIpc) is 2.67. The van der Waals surface area contributed by atoms with Crippen molar-refractivity contribution in [3.05, 3.63) is 41.6 Å². The van der Waals surface area contributed by atoms with Crippen molar-refractivity contribution in [3.63, 3.8) is 0 Å². The van der Waals surface area contributed by atoms with E-state index in [1.807, 2.05) is 6.92 Å². The number of anilines is 1. The van der Waals surface area contributed by atoms with Crippen molar-refractivity contribution in [3.8, 4) is 0 Å². The van der Waals surface area contributed by atoms with E-state index in [-0.39, 0.29) is 11.5 Å². The summed E-state index contributed by atoms with van der Waals surface area (Å²) >= 11 is 0. The molecule has 1 aromatic rings. The van der Waals surface area contributed by atoms with Gasteiger partial charge in [-0.2, -0.15) is 0 Å². The quantitative estimate of drug-likeness (QED) is 0.321. The first kappa shape index (κ1) is 20.5. The lowest BCUT2D eigenvalue weighted by atomic mass is 10.1. The second-order valence-electron chi connectivity index (χ2n) is 6.17. The van der Waals surface area contributed by atoms with Gasteiger partial charge in [0.15, 0.2) is 5.57 Å². The first-order valence-electron chi connectivity index (χ1n) is 9.15. The molecule has 1 N–H and O–H groups in total. The lowest BCUT2D eigenvalue weighted by Crippen LogP contribution is -2.45. The summed E-state index contributed by atoms with van der Waals surface area (Å²) in [5.74, 6) is -3.02. The number of cyclic esters (lactones) is 2. The van der Waals surface area contributed by atoms with E-state index in [1.54, 1.807) is 38.1 Å². The van der Waals surface area contributed by atoms with E-state index in [2.05, 4.69) is 5.32 Å². The molecule has 0 saturated carbocycles. The van der Waals surface area contributed by atoms with Crippen LogP contribution in [0.1, 0.15) is 56.8 Å². The molecule has 7 heteroatoms. The average molecular weight is 375 g/mol. The van der Waals surface area contributed by atoms with Crippen LogP contribution in [-0.4, -0.2) is 30.3 Å². The first-order chi connectivity index (χ1) is 12.9. The van der Waals surface area contributed by atoms with Crippen LogP contribution in [-0.2, 0) is 23.8 Å². The van der Waals surface area contributed by atoms with Gasteiger partial charge in [0.2, 0.25) is 0 Å². The van der Waals surface area contributed by atoms with Crippen LogP contribution in [0.2, 0.25) is 0 Å². The fourth-order valence-corrected chi connectivity index (χ4v) is 2.46. The molecule has 0 atom stereocenters. The molecule has 1 heterocycles. The lowest BCUT2D eigenvalue weighted by molar-refractivity contribution is -0.237. The van der Waals surface area contributed by atoms with E-state index in [0.29, 0.717) is 30.7 Å². The highest BCUT2D eigenvalue weighted by Crippen LogP contribution is 2.29. The molecule has 1 aliphatic rings. The Labute approximate surface area is 158 Å². The molecule has 0 aliphatic carbocycles. The normalized spacial score (nSPS) is 15.6. The number of carbonyl (C=O) groups is 3. The Morgan fingerprint density at radius 2 is 1.67 bits per heavy atom. The molecule has 0 amide bonds. The minimum absolute atomic E-state index is 0.212. The maximum Gasteiger partial charge on any atom is 0.350 e. The summed E-state index contributed by atoms with van der Waals surface area (Å²) < 4.78 is 15.7. The largest absolute Gasteiger partial charge is 0.462 e. The van der Waals surface area contributed by atoms with Crippen molar-refractivity contribution in [2.75, 3.05) is 11.9 Å². The molecule has 7 nitrogen and oxygen atoms in total. The lowest BCUT2D eigenvalue weighted by Gasteiger charge is -2.34. The van der Waals surface area contributed by atoms with Crippen LogP contribution >= 0.6 is 0 Å². The third-order valence-electron chi connectivity index (χ3n) is 4.31. The number of hydrogen-bond donors (Lipinski definition) is 1. The van der Waals surface area contributed by atoms with Crippen LogP contribution in [0, 0.1) is 0 Å². The Morgan fingerprint density at radius 3 is 2.19 bits per heavy atom. The Morgan fingerprint density at radius 1 is 1.07 bits per heavy atom. The van der Waals surface area contributed by atoms with Crippen molar-refractivity contribution >= 4 is 23.6 Å². The number of nitrogens with one attached hydrogen (secondary N) is 1. The van der Waals surface area contributed by atoms with Crippen molar-refractivity contribution in [2.45, 2.75) is 52.2 Å². The molecule has 1 saturated heterocycles. The second kappa shape index (κ2) is 9.21. The Hall–Kier alpha value is -2.83. The van der Waals surface area contributed by atoms with Gasteiger partial charge in [0.1, 0.15) is 0 Å². The van der Waals surface area contributed by atoms with Crippen LogP contribution < -0.4 is 5.32 Å². The van der Waals surface area contributed by atoms with Crippen LogP contribution in [0.3, 0.4) is 0 Å². The summed E-state index contributed by atoms with van der Waals surface area (Å²) in [6.45, 7) is 5.98. The molecule has 1 fully saturated rings. The van der Waals surface area contributed by atoms with Gasteiger partial charge >= 0.3 is 17.9 Å². The Kier molecular flexibility index (Phi) is 6.98. The fourth-order valence-electron chi connectivity index (χ4n) is 2.46. The summed E-state index contributed by atoms with van der Waals surface area (Å²) in [6, 6.07) is 6.50. The van der Waals surface area contributed by atoms with E-state index >= 15 is 0 Å². The predicted molar refractivity (Wildman–Crippen MR) is 98.8 cm³/mol. The molecule has 2 rings (SSSR count). The number of hydrogen-bond acceptors (Lipinski definition) is 7. The number of benzene rings is 1. The van der Waals surface area contributed by atoms with E-state index in [1.165, 1.54) is 6.20 Å². The Balaban J connectivity index is 2.00. The van der Waals surface area contributed by atoms with Crippen LogP contribution in [0.25, 0.3) is 0 Å². The zero-order chi connectivity index (χ0) is 19.9. The summed E-state index contributed by atoms with van der Waals surface area (Å²) in [5, 5.41) is 2.84. The monoisotopic (exact) mass is 375 g/mol. The van der Waals surface area contributed by atoms with Crippen molar-refractivity contribution in [1.29, 1.82) is 0 Å². The van der Waals surface area contributed by atoms with Gasteiger partial charge in [-0.3, -0.25) is 0 Å². The van der Waals surface area contributed by atoms with Crippen LogP contribution in [0.15, 0.2) is 36.0 Å². The fraction of sp³-hybridized carbons (Fsp3) is 0.450. The van der Waals surface area contributed by atoms with Gasteiger partial charge in [0, 0.05) is 24.7 Å². The third-order valence-corrected chi connectivity index (χ3v) is 4.31. The number of ether oxygens (including phenoxy) is 3. The SMILES string of the molecule is CCCCOC(=O)c1ccc(NC=C2C(=O)OC(CC)(CC)OC2=O)cc1. The minimum atomic E-state index is -1.19. The van der Waals surface area contributed by atoms with Gasteiger partial charge in [-0.25, -0.2) is 14.4 Å². The molecule has 0 bridgehead atoms. The van der Waals surface area contributed by atoms with Gasteiger partial charge in [-0.05, 0) is 30.7 Å². The predicted octanol–water partition coefficient (Wildman–Crippen LogP) is 3.56. The van der Waals surface area contributed by atoms with Crippen molar-refractivity contribution in [1.82, 2.24) is 0 Å². The second-order valence-corrected chi connectivity index (χ2v) is 6.17. The Bertz CT molecular complexity index is 696. The number of carbonyl (C=O) groups excluding carboxylic acids is 3. The maximum absolute atomic E-state index is 12.1. The topological polar surface area (TPSA) is 90.9 Å². The van der Waals surface area contributed by atoms with E-state index < -0.39 is 17.7 Å². The number of esters is 3. The van der Waals surface area contributed by atoms with E-state index in [9.17, 15) is 14.4 Å². The standard InChI is InChI=1S/C20H25NO6/c1-4-7-12-25-17(22)14-8-10-15(11-9-14)21-13-16-18(23)26-20(5-2,6-3)27-19(16)24/h8-11,13,21H,4-7,12H2,1-3H3. The van der Waals surface area contributed by atoms with Gasteiger partial charge in [0.25, 0.3) is 5.79 Å². The van der Waals surface area contributed by atoms with Crippen molar-refractivity contribution in [2.24, 2.45) is 0 Å². The van der Waals surface area contributed by atoms with Crippen molar-refractivity contribution < 1.29 is 28.6 Å². The molecule has 0 radical (unpaired) electrons. The summed E-state index contributed by atoms with van der Waals surface area (Å²) in [6.07, 6.45) is 3.79. The molecule has 0 spiro atoms. The molecular formula is C20H25NO6. The van der Waals surface area contributed by atoms with Crippen LogP contribution in [0.4, 0.5) is 5.69 Å². The van der Waals surface area contributed by atoms with Gasteiger partial charge in [-0.15, -0.1) is 0 Å². The van der Waals surface area contributed by atoms with E-state index in [0.717, 1.165) is 12.8 Å².